The second-order valence-electron chi connectivity index (χ2n) is 6.53. The fraction of sp³-hybridized carbons (Fsp3) is 0.227. The maximum atomic E-state index is 12.9. The zero-order chi connectivity index (χ0) is 21.8. The number of ether oxygens (including phenoxy) is 3. The summed E-state index contributed by atoms with van der Waals surface area (Å²) in [7, 11) is 4.50. The molecule has 1 N–H and O–H groups in total. The first-order valence-electron chi connectivity index (χ1n) is 9.14. The standard InChI is InChI=1S/C22H22N2O6/c1-13(25)23-16-6-8-17(9-7-16)24-19(26)12-15(22(24)27)11-14-5-10-18(28-2)21(30-4)20(14)29-3/h5-11H,12H2,1-4H3,(H,23,25). The third-order valence-electron chi connectivity index (χ3n) is 4.58. The fourth-order valence-corrected chi connectivity index (χ4v) is 3.27. The van der Waals surface area contributed by atoms with Crippen molar-refractivity contribution in [2.75, 3.05) is 31.5 Å². The number of benzene rings is 2. The lowest BCUT2D eigenvalue weighted by molar-refractivity contribution is -0.120. The van der Waals surface area contributed by atoms with Crippen LogP contribution in [0.25, 0.3) is 6.08 Å². The van der Waals surface area contributed by atoms with E-state index < -0.39 is 5.91 Å². The molecule has 8 nitrogen and oxygen atoms in total. The lowest BCUT2D eigenvalue weighted by atomic mass is 10.1. The third-order valence-corrected chi connectivity index (χ3v) is 4.58. The van der Waals surface area contributed by atoms with E-state index in [2.05, 4.69) is 5.32 Å². The van der Waals surface area contributed by atoms with Gasteiger partial charge in [0.2, 0.25) is 17.6 Å². The maximum Gasteiger partial charge on any atom is 0.261 e. The number of hydrogen-bond donors (Lipinski definition) is 1. The smallest absolute Gasteiger partial charge is 0.261 e. The largest absolute Gasteiger partial charge is 0.493 e. The van der Waals surface area contributed by atoms with Crippen LogP contribution < -0.4 is 24.4 Å². The summed E-state index contributed by atoms with van der Waals surface area (Å²) < 4.78 is 16.1. The third kappa shape index (κ3) is 3.98. The number of nitrogens with one attached hydrogen (secondary N) is 1. The summed E-state index contributed by atoms with van der Waals surface area (Å²) in [6.07, 6.45) is 1.58. The highest BCUT2D eigenvalue weighted by Crippen LogP contribution is 2.41. The van der Waals surface area contributed by atoms with Crippen LogP contribution in [0, 0.1) is 0 Å². The van der Waals surface area contributed by atoms with Gasteiger partial charge in [0.1, 0.15) is 0 Å². The number of carbonyl (C=O) groups is 3. The summed E-state index contributed by atoms with van der Waals surface area (Å²) in [6, 6.07) is 9.93. The molecular weight excluding hydrogens is 388 g/mol. The SMILES string of the molecule is COc1ccc(C=C2CC(=O)N(c3ccc(NC(C)=O)cc3)C2=O)c(OC)c1OC. The molecule has 0 spiro atoms. The molecule has 1 fully saturated rings. The average molecular weight is 410 g/mol. The van der Waals surface area contributed by atoms with Gasteiger partial charge in [-0.3, -0.25) is 14.4 Å². The predicted molar refractivity (Wildman–Crippen MR) is 112 cm³/mol. The molecule has 0 aliphatic carbocycles. The normalized spacial score (nSPS) is 14.8. The van der Waals surface area contributed by atoms with Crippen LogP contribution in [0.2, 0.25) is 0 Å². The molecule has 0 radical (unpaired) electrons. The van der Waals surface area contributed by atoms with E-state index in [4.69, 9.17) is 14.2 Å². The monoisotopic (exact) mass is 410 g/mol. The molecule has 0 unspecified atom stereocenters. The Kier molecular flexibility index (Phi) is 6.06. The van der Waals surface area contributed by atoms with E-state index in [1.807, 2.05) is 0 Å². The number of methoxy groups -OCH3 is 3. The van der Waals surface area contributed by atoms with Gasteiger partial charge in [0.25, 0.3) is 5.91 Å². The summed E-state index contributed by atoms with van der Waals surface area (Å²) in [6.45, 7) is 1.40. The molecule has 0 bridgehead atoms. The van der Waals surface area contributed by atoms with Gasteiger partial charge in [-0.05, 0) is 42.5 Å². The quantitative estimate of drug-likeness (QED) is 0.581. The first-order valence-corrected chi connectivity index (χ1v) is 9.14. The second-order valence-corrected chi connectivity index (χ2v) is 6.53. The van der Waals surface area contributed by atoms with Crippen LogP contribution in [-0.4, -0.2) is 39.1 Å². The molecule has 1 aliphatic heterocycles. The summed E-state index contributed by atoms with van der Waals surface area (Å²) in [4.78, 5) is 37.7. The number of imide groups is 1. The molecule has 156 valence electrons. The van der Waals surface area contributed by atoms with E-state index in [0.717, 1.165) is 4.90 Å². The number of carbonyl (C=O) groups excluding carboxylic acids is 3. The highest BCUT2D eigenvalue weighted by atomic mass is 16.5. The first kappa shape index (κ1) is 20.9. The van der Waals surface area contributed by atoms with Crippen LogP contribution in [0.15, 0.2) is 42.0 Å². The molecule has 1 aliphatic rings. The second kappa shape index (κ2) is 8.69. The van der Waals surface area contributed by atoms with Crippen molar-refractivity contribution in [3.63, 3.8) is 0 Å². The molecule has 1 heterocycles. The van der Waals surface area contributed by atoms with Gasteiger partial charge in [-0.1, -0.05) is 0 Å². The molecule has 0 saturated carbocycles. The van der Waals surface area contributed by atoms with E-state index in [1.165, 1.54) is 28.3 Å². The van der Waals surface area contributed by atoms with Gasteiger partial charge in [0.05, 0.1) is 33.4 Å². The van der Waals surface area contributed by atoms with E-state index in [-0.39, 0.29) is 18.2 Å². The van der Waals surface area contributed by atoms with Crippen molar-refractivity contribution < 1.29 is 28.6 Å². The Morgan fingerprint density at radius 1 is 0.967 bits per heavy atom. The van der Waals surface area contributed by atoms with Crippen LogP contribution >= 0.6 is 0 Å². The molecule has 0 atom stereocenters. The number of rotatable bonds is 6. The Morgan fingerprint density at radius 3 is 2.20 bits per heavy atom. The molecule has 0 aromatic heterocycles. The molecule has 2 aromatic carbocycles. The minimum Gasteiger partial charge on any atom is -0.493 e. The minimum absolute atomic E-state index is 0.0379. The Morgan fingerprint density at radius 2 is 1.63 bits per heavy atom. The number of anilines is 2. The number of amides is 3. The Balaban J connectivity index is 1.93. The van der Waals surface area contributed by atoms with Crippen molar-refractivity contribution in [2.45, 2.75) is 13.3 Å². The van der Waals surface area contributed by atoms with Crippen LogP contribution in [0.4, 0.5) is 11.4 Å². The van der Waals surface area contributed by atoms with Gasteiger partial charge in [-0.15, -0.1) is 0 Å². The van der Waals surface area contributed by atoms with Crippen molar-refractivity contribution >= 4 is 35.2 Å². The summed E-state index contributed by atoms with van der Waals surface area (Å²) in [5.41, 5.74) is 1.93. The number of nitrogens with zero attached hydrogens (tertiary/aromatic N) is 1. The highest BCUT2D eigenvalue weighted by Gasteiger charge is 2.35. The lowest BCUT2D eigenvalue weighted by Gasteiger charge is -2.15. The minimum atomic E-state index is -0.413. The molecule has 1 saturated heterocycles. The zero-order valence-corrected chi connectivity index (χ0v) is 17.1. The van der Waals surface area contributed by atoms with Gasteiger partial charge in [0.15, 0.2) is 11.5 Å². The van der Waals surface area contributed by atoms with Crippen molar-refractivity contribution in [1.29, 1.82) is 0 Å². The number of hydrogen-bond acceptors (Lipinski definition) is 6. The molecule has 30 heavy (non-hydrogen) atoms. The van der Waals surface area contributed by atoms with E-state index in [9.17, 15) is 14.4 Å². The highest BCUT2D eigenvalue weighted by molar-refractivity contribution is 6.29. The van der Waals surface area contributed by atoms with Gasteiger partial charge in [0, 0.05) is 23.7 Å². The maximum absolute atomic E-state index is 12.9. The predicted octanol–water partition coefficient (Wildman–Crippen LogP) is 3.02. The van der Waals surface area contributed by atoms with Crippen molar-refractivity contribution in [1.82, 2.24) is 0 Å². The van der Waals surface area contributed by atoms with Crippen LogP contribution in [0.3, 0.4) is 0 Å². The molecular formula is C22H22N2O6. The van der Waals surface area contributed by atoms with Crippen molar-refractivity contribution in [2.24, 2.45) is 0 Å². The van der Waals surface area contributed by atoms with Gasteiger partial charge in [-0.2, -0.15) is 0 Å². The van der Waals surface area contributed by atoms with Crippen LogP contribution in [-0.2, 0) is 14.4 Å². The first-order chi connectivity index (χ1) is 14.4. The molecule has 2 aromatic rings. The van der Waals surface area contributed by atoms with E-state index in [0.29, 0.717) is 39.8 Å². The average Bonchev–Trinajstić information content (AvgIpc) is 3.00. The topological polar surface area (TPSA) is 94.2 Å². The molecule has 8 heteroatoms. The Labute approximate surface area is 174 Å². The van der Waals surface area contributed by atoms with Gasteiger partial charge >= 0.3 is 0 Å². The van der Waals surface area contributed by atoms with Crippen molar-refractivity contribution in [3.05, 3.63) is 47.5 Å². The van der Waals surface area contributed by atoms with E-state index in [1.54, 1.807) is 42.5 Å². The zero-order valence-electron chi connectivity index (χ0n) is 17.1. The molecule has 3 rings (SSSR count). The molecule has 3 amide bonds. The Bertz CT molecular complexity index is 1030. The summed E-state index contributed by atoms with van der Waals surface area (Å²) in [5.74, 6) is 0.345. The van der Waals surface area contributed by atoms with E-state index >= 15 is 0 Å². The lowest BCUT2D eigenvalue weighted by Crippen LogP contribution is -2.28. The van der Waals surface area contributed by atoms with Crippen LogP contribution in [0.5, 0.6) is 17.2 Å². The van der Waals surface area contributed by atoms with Gasteiger partial charge < -0.3 is 19.5 Å². The summed E-state index contributed by atoms with van der Waals surface area (Å²) in [5, 5.41) is 2.64. The fourth-order valence-electron chi connectivity index (χ4n) is 3.27. The van der Waals surface area contributed by atoms with Gasteiger partial charge in [-0.25, -0.2) is 4.90 Å². The summed E-state index contributed by atoms with van der Waals surface area (Å²) >= 11 is 0. The van der Waals surface area contributed by atoms with Crippen LogP contribution in [0.1, 0.15) is 18.9 Å². The Hall–Kier alpha value is -3.81. The van der Waals surface area contributed by atoms with Crippen molar-refractivity contribution in [3.8, 4) is 17.2 Å².